The summed E-state index contributed by atoms with van der Waals surface area (Å²) in [5.74, 6) is 0.131. The second kappa shape index (κ2) is 6.76. The van der Waals surface area contributed by atoms with E-state index >= 15 is 0 Å². The van der Waals surface area contributed by atoms with Crippen molar-refractivity contribution >= 4 is 34.8 Å². The molecule has 110 valence electrons. The van der Waals surface area contributed by atoms with Crippen molar-refractivity contribution in [3.63, 3.8) is 0 Å². The van der Waals surface area contributed by atoms with Gasteiger partial charge in [-0.2, -0.15) is 0 Å². The minimum atomic E-state index is -0.141. The number of aliphatic hydroxyl groups excluding tert-OH is 1. The quantitative estimate of drug-likeness (QED) is 0.897. The van der Waals surface area contributed by atoms with E-state index in [0.717, 1.165) is 25.1 Å². The van der Waals surface area contributed by atoms with Crippen LogP contribution in [0.5, 0.6) is 0 Å². The molecule has 0 aromatic heterocycles. The van der Waals surface area contributed by atoms with Gasteiger partial charge in [-0.1, -0.05) is 29.3 Å². The molecular formula is C14H18Cl2N2O2. The smallest absolute Gasteiger partial charge is 0.238 e. The first-order valence-corrected chi connectivity index (χ1v) is 7.34. The number of rotatable bonds is 4. The number of amides is 1. The van der Waals surface area contributed by atoms with E-state index in [2.05, 4.69) is 5.32 Å². The Balaban J connectivity index is 1.97. The highest BCUT2D eigenvalue weighted by Gasteiger charge is 2.23. The third-order valence-corrected chi connectivity index (χ3v) is 4.35. The molecule has 1 heterocycles. The lowest BCUT2D eigenvalue weighted by Gasteiger charge is -2.16. The summed E-state index contributed by atoms with van der Waals surface area (Å²) in [6.45, 7) is 3.90. The first kappa shape index (κ1) is 15.6. The Morgan fingerprint density at radius 3 is 2.90 bits per heavy atom. The molecule has 1 unspecified atom stereocenters. The fourth-order valence-corrected chi connectivity index (χ4v) is 2.82. The van der Waals surface area contributed by atoms with Crippen molar-refractivity contribution in [2.24, 2.45) is 5.92 Å². The number of carbonyl (C=O) groups is 1. The molecule has 1 fully saturated rings. The number of hydrogen-bond donors (Lipinski definition) is 2. The number of aryl methyl sites for hydroxylation is 1. The Kier molecular flexibility index (Phi) is 5.27. The second-order valence-corrected chi connectivity index (χ2v) is 5.96. The zero-order chi connectivity index (χ0) is 14.7. The summed E-state index contributed by atoms with van der Waals surface area (Å²) in [4.78, 5) is 14.1. The van der Waals surface area contributed by atoms with Crippen molar-refractivity contribution in [1.82, 2.24) is 4.90 Å². The molecule has 1 aliphatic heterocycles. The van der Waals surface area contributed by atoms with Crippen LogP contribution in [0.25, 0.3) is 0 Å². The van der Waals surface area contributed by atoms with E-state index in [1.165, 1.54) is 0 Å². The molecule has 6 heteroatoms. The molecule has 2 rings (SSSR count). The molecule has 20 heavy (non-hydrogen) atoms. The Hall–Kier alpha value is -0.810. The van der Waals surface area contributed by atoms with Gasteiger partial charge in [-0.25, -0.2) is 0 Å². The largest absolute Gasteiger partial charge is 0.396 e. The van der Waals surface area contributed by atoms with Crippen LogP contribution >= 0.6 is 23.2 Å². The summed E-state index contributed by atoms with van der Waals surface area (Å²) >= 11 is 12.2. The molecule has 2 N–H and O–H groups in total. The molecule has 1 saturated heterocycles. The number of aliphatic hydroxyl groups is 1. The lowest BCUT2D eigenvalue weighted by atomic mass is 10.1. The summed E-state index contributed by atoms with van der Waals surface area (Å²) in [7, 11) is 0. The summed E-state index contributed by atoms with van der Waals surface area (Å²) in [5.41, 5.74) is 1.34. The summed E-state index contributed by atoms with van der Waals surface area (Å²) < 4.78 is 0. The molecule has 0 aliphatic carbocycles. The standard InChI is InChI=1S/C14H18Cl2N2O2/c1-9-2-3-11(15)14(13(9)16)17-12(20)7-18-5-4-10(6-18)8-19/h2-3,10,19H,4-8H2,1H3,(H,17,20). The number of nitrogens with one attached hydrogen (secondary N) is 1. The highest BCUT2D eigenvalue weighted by Crippen LogP contribution is 2.32. The molecule has 0 saturated carbocycles. The van der Waals surface area contributed by atoms with Crippen molar-refractivity contribution in [3.05, 3.63) is 27.7 Å². The number of halogens is 2. The van der Waals surface area contributed by atoms with Gasteiger partial charge in [0.05, 0.1) is 22.3 Å². The third-order valence-electron chi connectivity index (χ3n) is 3.54. The van der Waals surface area contributed by atoms with Crippen LogP contribution in [-0.4, -0.2) is 42.2 Å². The molecule has 1 aliphatic rings. The van der Waals surface area contributed by atoms with Crippen molar-refractivity contribution in [3.8, 4) is 0 Å². The van der Waals surface area contributed by atoms with Crippen LogP contribution < -0.4 is 5.32 Å². The van der Waals surface area contributed by atoms with E-state index in [4.69, 9.17) is 28.3 Å². The Labute approximate surface area is 128 Å². The van der Waals surface area contributed by atoms with E-state index in [-0.39, 0.29) is 25.0 Å². The van der Waals surface area contributed by atoms with Gasteiger partial charge in [0.1, 0.15) is 0 Å². The molecule has 4 nitrogen and oxygen atoms in total. The molecule has 0 bridgehead atoms. The summed E-state index contributed by atoms with van der Waals surface area (Å²) in [5, 5.41) is 12.8. The lowest BCUT2D eigenvalue weighted by molar-refractivity contribution is -0.117. The van der Waals surface area contributed by atoms with Gasteiger partial charge in [-0.15, -0.1) is 0 Å². The van der Waals surface area contributed by atoms with E-state index in [9.17, 15) is 4.79 Å². The SMILES string of the molecule is Cc1ccc(Cl)c(NC(=O)CN2CCC(CO)C2)c1Cl. The number of hydrogen-bond acceptors (Lipinski definition) is 3. The highest BCUT2D eigenvalue weighted by atomic mass is 35.5. The maximum Gasteiger partial charge on any atom is 0.238 e. The number of carbonyl (C=O) groups excluding carboxylic acids is 1. The molecule has 0 radical (unpaired) electrons. The fraction of sp³-hybridized carbons (Fsp3) is 0.500. The van der Waals surface area contributed by atoms with Gasteiger partial charge in [0.25, 0.3) is 0 Å². The Morgan fingerprint density at radius 2 is 2.25 bits per heavy atom. The van der Waals surface area contributed by atoms with E-state index in [1.807, 2.05) is 17.9 Å². The van der Waals surface area contributed by atoms with Gasteiger partial charge in [-0.3, -0.25) is 9.69 Å². The monoisotopic (exact) mass is 316 g/mol. The van der Waals surface area contributed by atoms with Crippen molar-refractivity contribution < 1.29 is 9.90 Å². The Bertz CT molecular complexity index is 508. The predicted octanol–water partition coefficient (Wildman–Crippen LogP) is 2.55. The fourth-order valence-electron chi connectivity index (χ4n) is 2.36. The van der Waals surface area contributed by atoms with Gasteiger partial charge in [0.15, 0.2) is 0 Å². The number of nitrogens with zero attached hydrogens (tertiary/aromatic N) is 1. The average molecular weight is 317 g/mol. The van der Waals surface area contributed by atoms with Gasteiger partial charge in [0, 0.05) is 13.2 Å². The number of benzene rings is 1. The minimum Gasteiger partial charge on any atom is -0.396 e. The highest BCUT2D eigenvalue weighted by molar-refractivity contribution is 6.40. The maximum absolute atomic E-state index is 12.0. The van der Waals surface area contributed by atoms with Gasteiger partial charge in [0.2, 0.25) is 5.91 Å². The van der Waals surface area contributed by atoms with Crippen molar-refractivity contribution in [1.29, 1.82) is 0 Å². The van der Waals surface area contributed by atoms with E-state index in [1.54, 1.807) is 6.07 Å². The van der Waals surface area contributed by atoms with Crippen LogP contribution in [-0.2, 0) is 4.79 Å². The topological polar surface area (TPSA) is 52.6 Å². The third kappa shape index (κ3) is 3.64. The summed E-state index contributed by atoms with van der Waals surface area (Å²) in [6.07, 6.45) is 0.926. The molecule has 1 aromatic rings. The van der Waals surface area contributed by atoms with E-state index in [0.29, 0.717) is 15.7 Å². The minimum absolute atomic E-state index is 0.141. The van der Waals surface area contributed by atoms with Crippen LogP contribution in [0.1, 0.15) is 12.0 Å². The number of anilines is 1. The summed E-state index contributed by atoms with van der Waals surface area (Å²) in [6, 6.07) is 3.53. The van der Waals surface area contributed by atoms with Crippen LogP contribution in [0.2, 0.25) is 10.0 Å². The van der Waals surface area contributed by atoms with Gasteiger partial charge in [-0.05, 0) is 37.4 Å². The molecular weight excluding hydrogens is 299 g/mol. The maximum atomic E-state index is 12.0. The molecule has 0 spiro atoms. The van der Waals surface area contributed by atoms with Crippen molar-refractivity contribution in [2.75, 3.05) is 31.6 Å². The van der Waals surface area contributed by atoms with Crippen LogP contribution in [0.4, 0.5) is 5.69 Å². The Morgan fingerprint density at radius 1 is 1.50 bits per heavy atom. The van der Waals surface area contributed by atoms with E-state index < -0.39 is 0 Å². The molecule has 1 aromatic carbocycles. The first-order valence-electron chi connectivity index (χ1n) is 6.59. The van der Waals surface area contributed by atoms with Crippen LogP contribution in [0.15, 0.2) is 12.1 Å². The van der Waals surface area contributed by atoms with Gasteiger partial charge >= 0.3 is 0 Å². The molecule has 1 amide bonds. The second-order valence-electron chi connectivity index (χ2n) is 5.17. The normalized spacial score (nSPS) is 19.3. The predicted molar refractivity (Wildman–Crippen MR) is 81.5 cm³/mol. The first-order chi connectivity index (χ1) is 9.51. The zero-order valence-corrected chi connectivity index (χ0v) is 12.8. The number of likely N-dealkylation sites (tertiary alicyclic amines) is 1. The van der Waals surface area contributed by atoms with Crippen molar-refractivity contribution in [2.45, 2.75) is 13.3 Å². The average Bonchev–Trinajstić information content (AvgIpc) is 2.87. The van der Waals surface area contributed by atoms with Crippen LogP contribution in [0, 0.1) is 12.8 Å². The van der Waals surface area contributed by atoms with Gasteiger partial charge < -0.3 is 10.4 Å². The zero-order valence-electron chi connectivity index (χ0n) is 11.3. The van der Waals surface area contributed by atoms with Crippen LogP contribution in [0.3, 0.4) is 0 Å². The molecule has 1 atom stereocenters. The lowest BCUT2D eigenvalue weighted by Crippen LogP contribution is -2.32.